The lowest BCUT2D eigenvalue weighted by Gasteiger charge is -2.11. The van der Waals surface area contributed by atoms with Crippen LogP contribution in [0.4, 0.5) is 10.1 Å². The summed E-state index contributed by atoms with van der Waals surface area (Å²) in [7, 11) is 1.36. The highest BCUT2D eigenvalue weighted by molar-refractivity contribution is 5.93. The van der Waals surface area contributed by atoms with Crippen LogP contribution >= 0.6 is 0 Å². The normalized spacial score (nSPS) is 10.2. The molecule has 0 spiro atoms. The predicted molar refractivity (Wildman–Crippen MR) is 73.0 cm³/mol. The van der Waals surface area contributed by atoms with Crippen LogP contribution < -0.4 is 10.1 Å². The highest BCUT2D eigenvalue weighted by Gasteiger charge is 2.13. The average Bonchev–Trinajstić information content (AvgIpc) is 2.89. The van der Waals surface area contributed by atoms with Gasteiger partial charge < -0.3 is 19.7 Å². The number of hydrogen-bond acceptors (Lipinski definition) is 3. The van der Waals surface area contributed by atoms with Crippen LogP contribution in [0.3, 0.4) is 0 Å². The average molecular weight is 292 g/mol. The van der Waals surface area contributed by atoms with Gasteiger partial charge in [-0.15, -0.1) is 0 Å². The fraction of sp³-hybridized carbons (Fsp3) is 0.143. The van der Waals surface area contributed by atoms with Crippen LogP contribution in [0.5, 0.6) is 5.75 Å². The fourth-order valence-corrected chi connectivity index (χ4v) is 1.86. The second-order valence-electron chi connectivity index (χ2n) is 4.22. The van der Waals surface area contributed by atoms with Gasteiger partial charge in [-0.25, -0.2) is 9.18 Å². The van der Waals surface area contributed by atoms with E-state index in [0.717, 1.165) is 6.07 Å². The van der Waals surface area contributed by atoms with Crippen LogP contribution in [0.25, 0.3) is 0 Å². The summed E-state index contributed by atoms with van der Waals surface area (Å²) in [5.41, 5.74) is 0.323. The van der Waals surface area contributed by atoms with E-state index in [4.69, 9.17) is 9.84 Å². The molecule has 1 heterocycles. The van der Waals surface area contributed by atoms with Crippen LogP contribution in [-0.4, -0.2) is 28.7 Å². The largest absolute Gasteiger partial charge is 0.494 e. The van der Waals surface area contributed by atoms with Crippen molar-refractivity contribution in [3.05, 3.63) is 48.0 Å². The molecule has 2 N–H and O–H groups in total. The quantitative estimate of drug-likeness (QED) is 0.883. The van der Waals surface area contributed by atoms with Gasteiger partial charge in [0.15, 0.2) is 0 Å². The van der Waals surface area contributed by atoms with E-state index in [9.17, 15) is 14.0 Å². The van der Waals surface area contributed by atoms with Gasteiger partial charge in [0.2, 0.25) is 5.91 Å². The Kier molecular flexibility index (Phi) is 4.22. The number of aromatic carboxylic acids is 1. The summed E-state index contributed by atoms with van der Waals surface area (Å²) >= 11 is 0. The van der Waals surface area contributed by atoms with Gasteiger partial charge in [0.25, 0.3) is 0 Å². The van der Waals surface area contributed by atoms with Gasteiger partial charge in [-0.05, 0) is 24.3 Å². The van der Waals surface area contributed by atoms with E-state index in [2.05, 4.69) is 5.32 Å². The summed E-state index contributed by atoms with van der Waals surface area (Å²) in [4.78, 5) is 22.9. The molecule has 0 atom stereocenters. The van der Waals surface area contributed by atoms with E-state index < -0.39 is 17.7 Å². The van der Waals surface area contributed by atoms with E-state index in [0.29, 0.717) is 5.69 Å². The molecule has 2 rings (SSSR count). The SMILES string of the molecule is COc1cc(F)ccc1NC(=O)Cn1cccc1C(=O)O. The van der Waals surface area contributed by atoms with Crippen molar-refractivity contribution in [2.24, 2.45) is 0 Å². The first-order valence-electron chi connectivity index (χ1n) is 6.03. The van der Waals surface area contributed by atoms with E-state index in [-0.39, 0.29) is 18.0 Å². The molecule has 2 aromatic rings. The van der Waals surface area contributed by atoms with Crippen LogP contribution in [0.1, 0.15) is 10.5 Å². The van der Waals surface area contributed by atoms with Crippen molar-refractivity contribution in [3.8, 4) is 5.75 Å². The molecule has 0 aliphatic heterocycles. The van der Waals surface area contributed by atoms with Gasteiger partial charge >= 0.3 is 5.97 Å². The molecule has 0 saturated carbocycles. The number of carboxylic acids is 1. The maximum Gasteiger partial charge on any atom is 0.352 e. The Balaban J connectivity index is 2.12. The number of nitrogens with zero attached hydrogens (tertiary/aromatic N) is 1. The molecule has 7 heteroatoms. The molecule has 0 radical (unpaired) electrons. The van der Waals surface area contributed by atoms with Crippen LogP contribution in [-0.2, 0) is 11.3 Å². The van der Waals surface area contributed by atoms with Crippen LogP contribution in [0.15, 0.2) is 36.5 Å². The minimum Gasteiger partial charge on any atom is -0.494 e. The second kappa shape index (κ2) is 6.08. The Hall–Kier alpha value is -2.83. The van der Waals surface area contributed by atoms with Crippen molar-refractivity contribution >= 4 is 17.6 Å². The standard InChI is InChI=1S/C14H13FN2O4/c1-21-12-7-9(15)4-5-10(12)16-13(18)8-17-6-2-3-11(17)14(19)20/h2-7H,8H2,1H3,(H,16,18)(H,19,20). The molecule has 6 nitrogen and oxygen atoms in total. The van der Waals surface area contributed by atoms with Crippen LogP contribution in [0, 0.1) is 5.82 Å². The van der Waals surface area contributed by atoms with E-state index in [1.165, 1.54) is 42.1 Å². The van der Waals surface area contributed by atoms with E-state index in [1.54, 1.807) is 0 Å². The molecule has 0 fully saturated rings. The van der Waals surface area contributed by atoms with Gasteiger partial charge in [-0.2, -0.15) is 0 Å². The van der Waals surface area contributed by atoms with E-state index in [1.807, 2.05) is 0 Å². The molecule has 0 saturated heterocycles. The fourth-order valence-electron chi connectivity index (χ4n) is 1.86. The maximum absolute atomic E-state index is 13.1. The Morgan fingerprint density at radius 1 is 1.38 bits per heavy atom. The first-order chi connectivity index (χ1) is 10.0. The summed E-state index contributed by atoms with van der Waals surface area (Å²) in [6.07, 6.45) is 1.49. The summed E-state index contributed by atoms with van der Waals surface area (Å²) in [6.45, 7) is -0.171. The number of amides is 1. The molecular formula is C14H13FN2O4. The number of halogens is 1. The van der Waals surface area contributed by atoms with Crippen molar-refractivity contribution in [2.75, 3.05) is 12.4 Å². The number of aromatic nitrogens is 1. The third kappa shape index (κ3) is 3.38. The molecular weight excluding hydrogens is 279 g/mol. The Morgan fingerprint density at radius 3 is 2.81 bits per heavy atom. The lowest BCUT2D eigenvalue weighted by Crippen LogP contribution is -2.21. The topological polar surface area (TPSA) is 80.6 Å². The minimum atomic E-state index is -1.12. The Bertz CT molecular complexity index is 681. The van der Waals surface area contributed by atoms with Crippen LogP contribution in [0.2, 0.25) is 0 Å². The first-order valence-corrected chi connectivity index (χ1v) is 6.03. The zero-order valence-corrected chi connectivity index (χ0v) is 11.2. The number of carbonyl (C=O) groups is 2. The van der Waals surface area contributed by atoms with Crippen molar-refractivity contribution in [1.82, 2.24) is 4.57 Å². The van der Waals surface area contributed by atoms with Crippen molar-refractivity contribution < 1.29 is 23.8 Å². The van der Waals surface area contributed by atoms with Crippen molar-refractivity contribution in [1.29, 1.82) is 0 Å². The van der Waals surface area contributed by atoms with Crippen molar-refractivity contribution in [3.63, 3.8) is 0 Å². The van der Waals surface area contributed by atoms with Crippen molar-refractivity contribution in [2.45, 2.75) is 6.54 Å². The lowest BCUT2D eigenvalue weighted by molar-refractivity contribution is -0.116. The van der Waals surface area contributed by atoms with Gasteiger partial charge in [0.1, 0.15) is 23.8 Å². The molecule has 0 aliphatic carbocycles. The zero-order chi connectivity index (χ0) is 15.4. The van der Waals surface area contributed by atoms with Gasteiger partial charge in [-0.3, -0.25) is 4.79 Å². The van der Waals surface area contributed by atoms with Gasteiger partial charge in [-0.1, -0.05) is 0 Å². The molecule has 0 bridgehead atoms. The summed E-state index contributed by atoms with van der Waals surface area (Å²) in [5.74, 6) is -1.86. The molecule has 0 unspecified atom stereocenters. The third-order valence-electron chi connectivity index (χ3n) is 2.80. The minimum absolute atomic E-state index is 0.0104. The number of carbonyl (C=O) groups excluding carboxylic acids is 1. The highest BCUT2D eigenvalue weighted by Crippen LogP contribution is 2.24. The third-order valence-corrected chi connectivity index (χ3v) is 2.80. The monoisotopic (exact) mass is 292 g/mol. The smallest absolute Gasteiger partial charge is 0.352 e. The zero-order valence-electron chi connectivity index (χ0n) is 11.2. The maximum atomic E-state index is 13.1. The number of ether oxygens (including phenoxy) is 1. The number of rotatable bonds is 5. The predicted octanol–water partition coefficient (Wildman–Crippen LogP) is 1.97. The Morgan fingerprint density at radius 2 is 2.14 bits per heavy atom. The number of carboxylic acid groups (broad SMARTS) is 1. The molecule has 0 aliphatic rings. The highest BCUT2D eigenvalue weighted by atomic mass is 19.1. The molecule has 1 amide bonds. The lowest BCUT2D eigenvalue weighted by atomic mass is 10.3. The number of anilines is 1. The van der Waals surface area contributed by atoms with Gasteiger partial charge in [0, 0.05) is 12.3 Å². The molecule has 1 aromatic carbocycles. The number of methoxy groups -OCH3 is 1. The number of hydrogen-bond donors (Lipinski definition) is 2. The number of benzene rings is 1. The second-order valence-corrected chi connectivity index (χ2v) is 4.22. The van der Waals surface area contributed by atoms with Gasteiger partial charge in [0.05, 0.1) is 12.8 Å². The summed E-state index contributed by atoms with van der Waals surface area (Å²) in [6, 6.07) is 6.65. The Labute approximate surface area is 119 Å². The van der Waals surface area contributed by atoms with E-state index >= 15 is 0 Å². The number of nitrogens with one attached hydrogen (secondary N) is 1. The molecule has 1 aromatic heterocycles. The molecule has 110 valence electrons. The summed E-state index contributed by atoms with van der Waals surface area (Å²) in [5, 5.41) is 11.5. The molecule has 21 heavy (non-hydrogen) atoms. The first kappa shape index (κ1) is 14.6. The summed E-state index contributed by atoms with van der Waals surface area (Å²) < 4.78 is 19.3.